The van der Waals surface area contributed by atoms with E-state index >= 15 is 0 Å². The summed E-state index contributed by atoms with van der Waals surface area (Å²) >= 11 is 0. The number of piperazine rings is 1. The van der Waals surface area contributed by atoms with Gasteiger partial charge in [0.25, 0.3) is 0 Å². The molecule has 0 saturated carbocycles. The van der Waals surface area contributed by atoms with E-state index in [9.17, 15) is 4.79 Å². The number of hydrogen-bond donors (Lipinski definition) is 1. The lowest BCUT2D eigenvalue weighted by atomic mass is 9.88. The predicted octanol–water partition coefficient (Wildman–Crippen LogP) is 5.13. The molecule has 3 aromatic heterocycles. The maximum absolute atomic E-state index is 13.7. The largest absolute Gasteiger partial charge is 0.378 e. The van der Waals surface area contributed by atoms with Crippen LogP contribution >= 0.6 is 0 Å². The highest BCUT2D eigenvalue weighted by molar-refractivity contribution is 6.09. The lowest BCUT2D eigenvalue weighted by Gasteiger charge is -2.36. The number of nitrogens with zero attached hydrogens (tertiary/aromatic N) is 6. The van der Waals surface area contributed by atoms with Crippen LogP contribution in [0.5, 0.6) is 0 Å². The Morgan fingerprint density at radius 2 is 1.91 bits per heavy atom. The Labute approximate surface area is 279 Å². The summed E-state index contributed by atoms with van der Waals surface area (Å²) in [5, 5.41) is 5.83. The van der Waals surface area contributed by atoms with Crippen LogP contribution in [-0.4, -0.2) is 101 Å². The second kappa shape index (κ2) is 14.8. The van der Waals surface area contributed by atoms with Crippen LogP contribution in [0.15, 0.2) is 48.8 Å². The number of morpholine rings is 1. The molecule has 4 aromatic rings. The number of aromatic nitrogens is 3. The first kappa shape index (κ1) is 32.2. The number of para-hydroxylation sites is 1. The van der Waals surface area contributed by atoms with Gasteiger partial charge in [0.1, 0.15) is 6.54 Å². The molecule has 1 N–H and O–H groups in total. The molecular weight excluding hydrogens is 586 g/mol. The summed E-state index contributed by atoms with van der Waals surface area (Å²) in [6, 6.07) is 13.3. The van der Waals surface area contributed by atoms with E-state index in [1.165, 1.54) is 34.0 Å². The fraction of sp³-hybridized carbons (Fsp3) is 0.553. The smallest absolute Gasteiger partial charge is 0.242 e. The zero-order chi connectivity index (χ0) is 32.2. The average Bonchev–Trinajstić information content (AvgIpc) is 3.45. The predicted molar refractivity (Wildman–Crippen MR) is 188 cm³/mol. The number of benzene rings is 1. The number of pyridine rings is 2. The SMILES string of the molecule is CC[C@H](C)c1cnc2c(c1)CCC[C@@H]2N(CCCN1CCNCC1)Cc1nccc2c3ccccc3n(CC(=O)N3CCOCC3)c12. The molecule has 2 fully saturated rings. The van der Waals surface area contributed by atoms with Gasteiger partial charge >= 0.3 is 0 Å². The van der Waals surface area contributed by atoms with Crippen molar-refractivity contribution < 1.29 is 9.53 Å². The zero-order valence-electron chi connectivity index (χ0n) is 28.3. The van der Waals surface area contributed by atoms with Crippen LogP contribution in [0.2, 0.25) is 0 Å². The van der Waals surface area contributed by atoms with E-state index in [1.807, 2.05) is 11.1 Å². The molecule has 0 bridgehead atoms. The molecule has 7 rings (SSSR count). The Kier molecular flexibility index (Phi) is 10.1. The summed E-state index contributed by atoms with van der Waals surface area (Å²) < 4.78 is 7.77. The van der Waals surface area contributed by atoms with Gasteiger partial charge in [0.05, 0.1) is 36.2 Å². The number of carbonyl (C=O) groups excluding carboxylic acids is 1. The van der Waals surface area contributed by atoms with E-state index in [2.05, 4.69) is 76.1 Å². The minimum atomic E-state index is 0.140. The molecule has 3 aliphatic rings. The van der Waals surface area contributed by atoms with Gasteiger partial charge in [-0.2, -0.15) is 0 Å². The van der Waals surface area contributed by atoms with Crippen molar-refractivity contribution >= 4 is 27.7 Å². The molecular formula is C38H51N7O2. The highest BCUT2D eigenvalue weighted by Crippen LogP contribution is 2.37. The van der Waals surface area contributed by atoms with Gasteiger partial charge in [-0.3, -0.25) is 19.7 Å². The number of carbonyl (C=O) groups is 1. The van der Waals surface area contributed by atoms with Crippen molar-refractivity contribution in [1.29, 1.82) is 0 Å². The number of nitrogens with one attached hydrogen (secondary N) is 1. The fourth-order valence-electron chi connectivity index (χ4n) is 7.89. The second-order valence-electron chi connectivity index (χ2n) is 13.7. The Bertz CT molecular complexity index is 1670. The van der Waals surface area contributed by atoms with Gasteiger partial charge < -0.3 is 24.4 Å². The van der Waals surface area contributed by atoms with E-state index < -0.39 is 0 Å². The molecule has 5 heterocycles. The first-order valence-corrected chi connectivity index (χ1v) is 18.0. The monoisotopic (exact) mass is 637 g/mol. The van der Waals surface area contributed by atoms with E-state index in [0.29, 0.717) is 38.8 Å². The number of aryl methyl sites for hydroxylation is 1. The van der Waals surface area contributed by atoms with E-state index in [-0.39, 0.29) is 11.9 Å². The van der Waals surface area contributed by atoms with Gasteiger partial charge in [0, 0.05) is 81.0 Å². The quantitative estimate of drug-likeness (QED) is 0.244. The number of hydrogen-bond acceptors (Lipinski definition) is 7. The molecule has 2 atom stereocenters. The molecule has 9 heteroatoms. The van der Waals surface area contributed by atoms with Crippen molar-refractivity contribution in [2.24, 2.45) is 0 Å². The maximum Gasteiger partial charge on any atom is 0.242 e. The summed E-state index contributed by atoms with van der Waals surface area (Å²) in [6.07, 6.45) is 9.70. The molecule has 0 spiro atoms. The van der Waals surface area contributed by atoms with Crippen molar-refractivity contribution in [2.75, 3.05) is 65.6 Å². The minimum Gasteiger partial charge on any atom is -0.378 e. The van der Waals surface area contributed by atoms with Crippen LogP contribution in [0.1, 0.15) is 74.0 Å². The number of ether oxygens (including phenoxy) is 1. The van der Waals surface area contributed by atoms with Crippen molar-refractivity contribution in [3.63, 3.8) is 0 Å². The fourth-order valence-corrected chi connectivity index (χ4v) is 7.89. The first-order valence-electron chi connectivity index (χ1n) is 18.0. The maximum atomic E-state index is 13.7. The van der Waals surface area contributed by atoms with Crippen molar-refractivity contribution in [2.45, 2.75) is 71.0 Å². The summed E-state index contributed by atoms with van der Waals surface area (Å²) in [7, 11) is 0. The molecule has 1 aliphatic carbocycles. The summed E-state index contributed by atoms with van der Waals surface area (Å²) in [5.41, 5.74) is 7.24. The average molecular weight is 638 g/mol. The molecule has 9 nitrogen and oxygen atoms in total. The van der Waals surface area contributed by atoms with Gasteiger partial charge in [0.2, 0.25) is 5.91 Å². The van der Waals surface area contributed by atoms with Gasteiger partial charge in [-0.25, -0.2) is 0 Å². The lowest BCUT2D eigenvalue weighted by molar-refractivity contribution is -0.135. The van der Waals surface area contributed by atoms with Crippen LogP contribution in [0.3, 0.4) is 0 Å². The second-order valence-corrected chi connectivity index (χ2v) is 13.7. The molecule has 0 unspecified atom stereocenters. The molecule has 250 valence electrons. The highest BCUT2D eigenvalue weighted by Gasteiger charge is 2.30. The van der Waals surface area contributed by atoms with Crippen molar-refractivity contribution in [3.8, 4) is 0 Å². The van der Waals surface area contributed by atoms with E-state index in [4.69, 9.17) is 14.7 Å². The number of fused-ring (bicyclic) bond motifs is 4. The van der Waals surface area contributed by atoms with Crippen LogP contribution in [0.25, 0.3) is 21.8 Å². The lowest BCUT2D eigenvalue weighted by Crippen LogP contribution is -2.44. The highest BCUT2D eigenvalue weighted by atomic mass is 16.5. The van der Waals surface area contributed by atoms with Gasteiger partial charge in [0.15, 0.2) is 0 Å². The number of rotatable bonds is 11. The van der Waals surface area contributed by atoms with Crippen LogP contribution < -0.4 is 5.32 Å². The summed E-state index contributed by atoms with van der Waals surface area (Å²) in [5.74, 6) is 0.661. The summed E-state index contributed by atoms with van der Waals surface area (Å²) in [4.78, 5) is 31.1. The third-order valence-electron chi connectivity index (χ3n) is 10.8. The van der Waals surface area contributed by atoms with Crippen LogP contribution in [0, 0.1) is 0 Å². The Morgan fingerprint density at radius 1 is 1.09 bits per heavy atom. The van der Waals surface area contributed by atoms with Crippen LogP contribution in [-0.2, 0) is 29.0 Å². The minimum absolute atomic E-state index is 0.140. The molecule has 2 saturated heterocycles. The molecule has 47 heavy (non-hydrogen) atoms. The van der Waals surface area contributed by atoms with Crippen molar-refractivity contribution in [3.05, 3.63) is 71.3 Å². The Morgan fingerprint density at radius 3 is 2.74 bits per heavy atom. The third-order valence-corrected chi connectivity index (χ3v) is 10.8. The van der Waals surface area contributed by atoms with E-state index in [0.717, 1.165) is 88.2 Å². The summed E-state index contributed by atoms with van der Waals surface area (Å²) in [6.45, 7) is 14.5. The molecule has 2 aliphatic heterocycles. The topological polar surface area (TPSA) is 78.8 Å². The van der Waals surface area contributed by atoms with Gasteiger partial charge in [-0.05, 0) is 67.8 Å². The van der Waals surface area contributed by atoms with Crippen molar-refractivity contribution in [1.82, 2.24) is 34.6 Å². The first-order chi connectivity index (χ1) is 23.1. The van der Waals surface area contributed by atoms with Crippen LogP contribution in [0.4, 0.5) is 0 Å². The molecule has 0 radical (unpaired) electrons. The Hall–Kier alpha value is -3.37. The number of amides is 1. The Balaban J connectivity index is 1.24. The third kappa shape index (κ3) is 6.95. The standard InChI is InChI=1S/C38H51N7O2/c1-3-28(2)30-24-29-8-6-11-35(37(29)41-25-30)44(17-7-16-42-18-14-39-15-19-42)26-33-38-32(12-13-40-33)31-9-4-5-10-34(31)45(38)27-36(46)43-20-22-47-23-21-43/h4-5,9-10,12-13,24-25,28,35,39H,3,6-8,11,14-23,26-27H2,1-2H3/t28-,35-/m0/s1. The molecule has 1 aromatic carbocycles. The van der Waals surface area contributed by atoms with E-state index in [1.54, 1.807) is 0 Å². The zero-order valence-corrected chi connectivity index (χ0v) is 28.3. The van der Waals surface area contributed by atoms with Gasteiger partial charge in [-0.15, -0.1) is 0 Å². The normalized spacial score (nSPS) is 19.8. The van der Waals surface area contributed by atoms with Gasteiger partial charge in [-0.1, -0.05) is 38.1 Å². The molecule has 1 amide bonds.